The van der Waals surface area contributed by atoms with Crippen molar-refractivity contribution < 1.29 is 0 Å². The monoisotopic (exact) mass is 273 g/mol. The molecule has 0 aliphatic rings. The Labute approximate surface area is 115 Å². The molecule has 0 saturated heterocycles. The van der Waals surface area contributed by atoms with Gasteiger partial charge in [-0.1, -0.05) is 56.1 Å². The minimum absolute atomic E-state index is 0.588. The molecular formula is C14H21Cl2N. The molecule has 1 aromatic carbocycles. The van der Waals surface area contributed by atoms with Crippen LogP contribution in [0.25, 0.3) is 0 Å². The highest BCUT2D eigenvalue weighted by atomic mass is 35.5. The summed E-state index contributed by atoms with van der Waals surface area (Å²) in [5.74, 6) is 1.22. The third kappa shape index (κ3) is 4.50. The standard InChI is InChI=1S/C14H21Cl2N/c1-4-17-9-11(3)10(2)8-12-6-5-7-13(15)14(12)16/h5-7,10-11,17H,4,8-9H2,1-3H3. The zero-order valence-corrected chi connectivity index (χ0v) is 12.3. The van der Waals surface area contributed by atoms with E-state index in [0.29, 0.717) is 21.9 Å². The van der Waals surface area contributed by atoms with E-state index in [2.05, 4.69) is 32.2 Å². The normalized spacial score (nSPS) is 14.6. The van der Waals surface area contributed by atoms with Gasteiger partial charge in [0, 0.05) is 0 Å². The Morgan fingerprint density at radius 2 is 1.88 bits per heavy atom. The van der Waals surface area contributed by atoms with Crippen molar-refractivity contribution in [1.82, 2.24) is 5.32 Å². The van der Waals surface area contributed by atoms with E-state index in [-0.39, 0.29) is 0 Å². The van der Waals surface area contributed by atoms with E-state index in [1.165, 1.54) is 0 Å². The Bertz CT molecular complexity index is 352. The molecule has 1 N–H and O–H groups in total. The lowest BCUT2D eigenvalue weighted by Gasteiger charge is -2.20. The molecule has 17 heavy (non-hydrogen) atoms. The van der Waals surface area contributed by atoms with Crippen molar-refractivity contribution in [1.29, 1.82) is 0 Å². The third-order valence-corrected chi connectivity index (χ3v) is 4.12. The lowest BCUT2D eigenvalue weighted by Crippen LogP contribution is -2.25. The summed E-state index contributed by atoms with van der Waals surface area (Å²) in [5, 5.41) is 4.74. The molecule has 0 spiro atoms. The highest BCUT2D eigenvalue weighted by molar-refractivity contribution is 6.42. The second-order valence-corrected chi connectivity index (χ2v) is 5.46. The zero-order chi connectivity index (χ0) is 12.8. The fourth-order valence-electron chi connectivity index (χ4n) is 1.83. The number of nitrogens with one attached hydrogen (secondary N) is 1. The summed E-state index contributed by atoms with van der Waals surface area (Å²) >= 11 is 12.2. The van der Waals surface area contributed by atoms with Crippen LogP contribution in [-0.4, -0.2) is 13.1 Å². The molecule has 0 aromatic heterocycles. The molecule has 2 atom stereocenters. The Balaban J connectivity index is 2.61. The van der Waals surface area contributed by atoms with E-state index in [4.69, 9.17) is 23.2 Å². The van der Waals surface area contributed by atoms with Gasteiger partial charge in [-0.2, -0.15) is 0 Å². The van der Waals surface area contributed by atoms with Gasteiger partial charge in [0.2, 0.25) is 0 Å². The number of hydrogen-bond donors (Lipinski definition) is 1. The molecule has 1 nitrogen and oxygen atoms in total. The highest BCUT2D eigenvalue weighted by Crippen LogP contribution is 2.28. The van der Waals surface area contributed by atoms with Crippen molar-refractivity contribution in [3.63, 3.8) is 0 Å². The Kier molecular flexibility index (Phi) is 6.32. The first kappa shape index (κ1) is 14.8. The molecule has 0 fully saturated rings. The van der Waals surface area contributed by atoms with Crippen molar-refractivity contribution in [2.24, 2.45) is 11.8 Å². The fourth-order valence-corrected chi connectivity index (χ4v) is 2.22. The highest BCUT2D eigenvalue weighted by Gasteiger charge is 2.14. The van der Waals surface area contributed by atoms with Crippen LogP contribution in [-0.2, 0) is 6.42 Å². The van der Waals surface area contributed by atoms with Gasteiger partial charge >= 0.3 is 0 Å². The second-order valence-electron chi connectivity index (χ2n) is 4.68. The van der Waals surface area contributed by atoms with Crippen molar-refractivity contribution in [3.8, 4) is 0 Å². The van der Waals surface area contributed by atoms with E-state index in [9.17, 15) is 0 Å². The maximum absolute atomic E-state index is 6.20. The number of rotatable bonds is 6. The van der Waals surface area contributed by atoms with E-state index >= 15 is 0 Å². The van der Waals surface area contributed by atoms with E-state index in [0.717, 1.165) is 25.1 Å². The summed E-state index contributed by atoms with van der Waals surface area (Å²) in [5.41, 5.74) is 1.15. The predicted octanol–water partition coefficient (Wildman–Crippen LogP) is 4.42. The average molecular weight is 274 g/mol. The van der Waals surface area contributed by atoms with E-state index < -0.39 is 0 Å². The van der Waals surface area contributed by atoms with Crippen molar-refractivity contribution in [3.05, 3.63) is 33.8 Å². The first-order valence-corrected chi connectivity index (χ1v) is 6.95. The van der Waals surface area contributed by atoms with Crippen LogP contribution in [0.15, 0.2) is 18.2 Å². The van der Waals surface area contributed by atoms with E-state index in [1.807, 2.05) is 12.1 Å². The number of benzene rings is 1. The van der Waals surface area contributed by atoms with E-state index in [1.54, 1.807) is 0 Å². The molecule has 2 unspecified atom stereocenters. The molecule has 96 valence electrons. The zero-order valence-electron chi connectivity index (χ0n) is 10.8. The van der Waals surface area contributed by atoms with Crippen LogP contribution >= 0.6 is 23.2 Å². The molecule has 0 aliphatic carbocycles. The van der Waals surface area contributed by atoms with Crippen LogP contribution in [0, 0.1) is 11.8 Å². The Hall–Kier alpha value is -0.240. The van der Waals surface area contributed by atoms with Gasteiger partial charge < -0.3 is 5.32 Å². The van der Waals surface area contributed by atoms with Crippen LogP contribution in [0.4, 0.5) is 0 Å². The topological polar surface area (TPSA) is 12.0 Å². The molecule has 3 heteroatoms. The first-order valence-electron chi connectivity index (χ1n) is 6.19. The number of hydrogen-bond acceptors (Lipinski definition) is 1. The first-order chi connectivity index (χ1) is 8.06. The molecule has 0 amide bonds. The lowest BCUT2D eigenvalue weighted by atomic mass is 9.89. The molecule has 1 aromatic rings. The molecule has 0 radical (unpaired) electrons. The molecule has 0 heterocycles. The molecule has 0 saturated carbocycles. The summed E-state index contributed by atoms with van der Waals surface area (Å²) in [6.45, 7) is 8.74. The minimum atomic E-state index is 0.588. The lowest BCUT2D eigenvalue weighted by molar-refractivity contribution is 0.368. The van der Waals surface area contributed by atoms with Crippen molar-refractivity contribution in [2.45, 2.75) is 27.2 Å². The SMILES string of the molecule is CCNCC(C)C(C)Cc1cccc(Cl)c1Cl. The second kappa shape index (κ2) is 7.25. The van der Waals surface area contributed by atoms with Gasteiger partial charge in [0.25, 0.3) is 0 Å². The molecule has 1 rings (SSSR count). The van der Waals surface area contributed by atoms with Crippen molar-refractivity contribution in [2.75, 3.05) is 13.1 Å². The van der Waals surface area contributed by atoms with Crippen LogP contribution in [0.2, 0.25) is 10.0 Å². The van der Waals surface area contributed by atoms with Gasteiger partial charge in [0.15, 0.2) is 0 Å². The van der Waals surface area contributed by atoms with Crippen LogP contribution in [0.5, 0.6) is 0 Å². The Morgan fingerprint density at radius 3 is 2.53 bits per heavy atom. The third-order valence-electron chi connectivity index (χ3n) is 3.26. The summed E-state index contributed by atoms with van der Waals surface area (Å²) in [6, 6.07) is 5.86. The predicted molar refractivity (Wildman–Crippen MR) is 77.0 cm³/mol. The van der Waals surface area contributed by atoms with Gasteiger partial charge in [0.05, 0.1) is 10.0 Å². The fraction of sp³-hybridized carbons (Fsp3) is 0.571. The maximum atomic E-state index is 6.20. The maximum Gasteiger partial charge on any atom is 0.0624 e. The van der Waals surface area contributed by atoms with Gasteiger partial charge in [-0.15, -0.1) is 0 Å². The minimum Gasteiger partial charge on any atom is -0.317 e. The Morgan fingerprint density at radius 1 is 1.18 bits per heavy atom. The number of halogens is 2. The molecule has 0 bridgehead atoms. The quantitative estimate of drug-likeness (QED) is 0.809. The smallest absolute Gasteiger partial charge is 0.0624 e. The van der Waals surface area contributed by atoms with Crippen LogP contribution < -0.4 is 5.32 Å². The largest absolute Gasteiger partial charge is 0.317 e. The summed E-state index contributed by atoms with van der Waals surface area (Å²) in [7, 11) is 0. The van der Waals surface area contributed by atoms with Crippen LogP contribution in [0.1, 0.15) is 26.3 Å². The summed E-state index contributed by atoms with van der Waals surface area (Å²) in [4.78, 5) is 0. The van der Waals surface area contributed by atoms with Gasteiger partial charge in [-0.05, 0) is 43.0 Å². The van der Waals surface area contributed by atoms with Gasteiger partial charge in [-0.25, -0.2) is 0 Å². The van der Waals surface area contributed by atoms with Gasteiger partial charge in [0.1, 0.15) is 0 Å². The van der Waals surface area contributed by atoms with Gasteiger partial charge in [-0.3, -0.25) is 0 Å². The van der Waals surface area contributed by atoms with Crippen molar-refractivity contribution >= 4 is 23.2 Å². The molecule has 0 aliphatic heterocycles. The molecular weight excluding hydrogens is 253 g/mol. The average Bonchev–Trinajstić information content (AvgIpc) is 2.31. The van der Waals surface area contributed by atoms with Crippen LogP contribution in [0.3, 0.4) is 0 Å². The summed E-state index contributed by atoms with van der Waals surface area (Å²) < 4.78 is 0. The summed E-state index contributed by atoms with van der Waals surface area (Å²) in [6.07, 6.45) is 0.978.